The summed E-state index contributed by atoms with van der Waals surface area (Å²) >= 11 is 8.54. The van der Waals surface area contributed by atoms with Crippen molar-refractivity contribution in [3.8, 4) is 0 Å². The first-order chi connectivity index (χ1) is 10.1. The molecule has 0 bridgehead atoms. The van der Waals surface area contributed by atoms with Gasteiger partial charge in [-0.1, -0.05) is 36.7 Å². The van der Waals surface area contributed by atoms with Crippen molar-refractivity contribution in [2.75, 3.05) is 6.54 Å². The Kier molecular flexibility index (Phi) is 6.45. The molecule has 0 heterocycles. The highest BCUT2D eigenvalue weighted by Crippen LogP contribution is 2.27. The number of hydrogen-bond donors (Lipinski definition) is 1. The van der Waals surface area contributed by atoms with Gasteiger partial charge in [0.2, 0.25) is 0 Å². The zero-order valence-electron chi connectivity index (χ0n) is 11.9. The second-order valence-electron chi connectivity index (χ2n) is 4.97. The summed E-state index contributed by atoms with van der Waals surface area (Å²) in [6.07, 6.45) is 1.73. The van der Waals surface area contributed by atoms with Gasteiger partial charge >= 0.3 is 0 Å². The van der Waals surface area contributed by atoms with Crippen LogP contribution in [-0.2, 0) is 6.42 Å². The van der Waals surface area contributed by atoms with Crippen LogP contribution >= 0.6 is 34.2 Å². The SMILES string of the molecule is CCCNC(Cc1cc(F)ccc1Cl)c1ccccc1I. The highest BCUT2D eigenvalue weighted by molar-refractivity contribution is 14.1. The molecule has 1 unspecified atom stereocenters. The van der Waals surface area contributed by atoms with E-state index in [-0.39, 0.29) is 11.9 Å². The van der Waals surface area contributed by atoms with Crippen LogP contribution in [0.3, 0.4) is 0 Å². The zero-order chi connectivity index (χ0) is 15.2. The Hall–Kier alpha value is -0.650. The van der Waals surface area contributed by atoms with Gasteiger partial charge in [-0.3, -0.25) is 0 Å². The molecule has 0 saturated heterocycles. The molecule has 0 aliphatic heterocycles. The molecule has 0 saturated carbocycles. The average molecular weight is 418 g/mol. The molecular weight excluding hydrogens is 400 g/mol. The highest BCUT2D eigenvalue weighted by Gasteiger charge is 2.16. The van der Waals surface area contributed by atoms with Gasteiger partial charge in [0.25, 0.3) is 0 Å². The van der Waals surface area contributed by atoms with E-state index in [0.717, 1.165) is 18.5 Å². The largest absolute Gasteiger partial charge is 0.310 e. The lowest BCUT2D eigenvalue weighted by Gasteiger charge is -2.21. The molecule has 21 heavy (non-hydrogen) atoms. The molecule has 112 valence electrons. The topological polar surface area (TPSA) is 12.0 Å². The van der Waals surface area contributed by atoms with Crippen LogP contribution in [0.25, 0.3) is 0 Å². The molecule has 0 aliphatic carbocycles. The molecule has 0 aromatic heterocycles. The molecule has 1 N–H and O–H groups in total. The van der Waals surface area contributed by atoms with Crippen molar-refractivity contribution < 1.29 is 4.39 Å². The third-order valence-electron chi connectivity index (χ3n) is 3.35. The third-order valence-corrected chi connectivity index (χ3v) is 4.70. The van der Waals surface area contributed by atoms with Gasteiger partial charge in [0, 0.05) is 14.6 Å². The Morgan fingerprint density at radius 3 is 2.71 bits per heavy atom. The van der Waals surface area contributed by atoms with Crippen LogP contribution in [0, 0.1) is 9.39 Å². The van der Waals surface area contributed by atoms with Crippen molar-refractivity contribution in [2.24, 2.45) is 0 Å². The number of halogens is 3. The third kappa shape index (κ3) is 4.66. The van der Waals surface area contributed by atoms with Crippen LogP contribution in [0.2, 0.25) is 5.02 Å². The van der Waals surface area contributed by atoms with Gasteiger partial charge in [0.1, 0.15) is 5.82 Å². The Morgan fingerprint density at radius 1 is 1.24 bits per heavy atom. The molecule has 0 radical (unpaired) electrons. The van der Waals surface area contributed by atoms with E-state index in [1.165, 1.54) is 21.3 Å². The summed E-state index contributed by atoms with van der Waals surface area (Å²) in [6, 6.07) is 12.9. The summed E-state index contributed by atoms with van der Waals surface area (Å²) in [5.41, 5.74) is 2.07. The van der Waals surface area contributed by atoms with Crippen molar-refractivity contribution in [3.05, 3.63) is 68.0 Å². The molecule has 1 nitrogen and oxygen atoms in total. The molecule has 2 rings (SSSR count). The Labute approximate surface area is 144 Å². The van der Waals surface area contributed by atoms with Gasteiger partial charge in [0.15, 0.2) is 0 Å². The van der Waals surface area contributed by atoms with E-state index < -0.39 is 0 Å². The molecular formula is C17H18ClFIN. The smallest absolute Gasteiger partial charge is 0.123 e. The molecule has 1 atom stereocenters. The summed E-state index contributed by atoms with van der Waals surface area (Å²) in [5, 5.41) is 4.15. The van der Waals surface area contributed by atoms with Gasteiger partial charge in [-0.05, 0) is 77.4 Å². The molecule has 2 aromatic carbocycles. The Bertz CT molecular complexity index is 603. The van der Waals surface area contributed by atoms with E-state index in [1.807, 2.05) is 12.1 Å². The fourth-order valence-electron chi connectivity index (χ4n) is 2.29. The molecule has 4 heteroatoms. The van der Waals surface area contributed by atoms with Crippen LogP contribution in [0.5, 0.6) is 0 Å². The molecule has 2 aromatic rings. The average Bonchev–Trinajstić information content (AvgIpc) is 2.48. The maximum atomic E-state index is 13.5. The Balaban J connectivity index is 2.28. The van der Waals surface area contributed by atoms with Crippen molar-refractivity contribution in [2.45, 2.75) is 25.8 Å². The first kappa shape index (κ1) is 16.7. The lowest BCUT2D eigenvalue weighted by atomic mass is 9.98. The highest BCUT2D eigenvalue weighted by atomic mass is 127. The van der Waals surface area contributed by atoms with E-state index >= 15 is 0 Å². The molecule has 0 spiro atoms. The van der Waals surface area contributed by atoms with E-state index in [1.54, 1.807) is 6.07 Å². The summed E-state index contributed by atoms with van der Waals surface area (Å²) in [7, 11) is 0. The first-order valence-corrected chi connectivity index (χ1v) is 8.49. The van der Waals surface area contributed by atoms with E-state index in [0.29, 0.717) is 11.4 Å². The van der Waals surface area contributed by atoms with Crippen molar-refractivity contribution in [1.29, 1.82) is 0 Å². The van der Waals surface area contributed by atoms with Crippen LogP contribution < -0.4 is 5.32 Å². The molecule has 0 aliphatic rings. The maximum Gasteiger partial charge on any atom is 0.123 e. The summed E-state index contributed by atoms with van der Waals surface area (Å²) in [5.74, 6) is -0.244. The second-order valence-corrected chi connectivity index (χ2v) is 6.54. The van der Waals surface area contributed by atoms with Gasteiger partial charge in [-0.15, -0.1) is 0 Å². The standard InChI is InChI=1S/C17H18ClFIN/c1-2-9-21-17(14-5-3-4-6-16(14)20)11-12-10-13(19)7-8-15(12)18/h3-8,10,17,21H,2,9,11H2,1H3. The maximum absolute atomic E-state index is 13.5. The minimum atomic E-state index is -0.244. The quantitative estimate of drug-likeness (QED) is 0.623. The number of nitrogens with one attached hydrogen (secondary N) is 1. The fraction of sp³-hybridized carbons (Fsp3) is 0.294. The van der Waals surface area contributed by atoms with Crippen molar-refractivity contribution >= 4 is 34.2 Å². The zero-order valence-corrected chi connectivity index (χ0v) is 14.8. The summed E-state index contributed by atoms with van der Waals surface area (Å²) < 4.78 is 14.7. The predicted molar refractivity (Wildman–Crippen MR) is 95.3 cm³/mol. The van der Waals surface area contributed by atoms with Crippen molar-refractivity contribution in [3.63, 3.8) is 0 Å². The van der Waals surface area contributed by atoms with Crippen LogP contribution in [-0.4, -0.2) is 6.54 Å². The lowest BCUT2D eigenvalue weighted by Crippen LogP contribution is -2.25. The van der Waals surface area contributed by atoms with E-state index in [2.05, 4.69) is 47.0 Å². The minimum absolute atomic E-state index is 0.136. The van der Waals surface area contributed by atoms with Crippen LogP contribution in [0.15, 0.2) is 42.5 Å². The molecule has 0 amide bonds. The summed E-state index contributed by atoms with van der Waals surface area (Å²) in [4.78, 5) is 0. The number of benzene rings is 2. The first-order valence-electron chi connectivity index (χ1n) is 7.03. The van der Waals surface area contributed by atoms with Crippen LogP contribution in [0.4, 0.5) is 4.39 Å². The van der Waals surface area contributed by atoms with Gasteiger partial charge in [-0.2, -0.15) is 0 Å². The van der Waals surface area contributed by atoms with E-state index in [4.69, 9.17) is 11.6 Å². The Morgan fingerprint density at radius 2 is 2.00 bits per heavy atom. The minimum Gasteiger partial charge on any atom is -0.310 e. The predicted octanol–water partition coefficient (Wildman–Crippen LogP) is 5.37. The number of rotatable bonds is 6. The van der Waals surface area contributed by atoms with Crippen LogP contribution in [0.1, 0.15) is 30.5 Å². The lowest BCUT2D eigenvalue weighted by molar-refractivity contribution is 0.525. The fourth-order valence-corrected chi connectivity index (χ4v) is 3.25. The normalized spacial score (nSPS) is 12.4. The summed E-state index contributed by atoms with van der Waals surface area (Å²) in [6.45, 7) is 3.05. The van der Waals surface area contributed by atoms with Gasteiger partial charge in [0.05, 0.1) is 0 Å². The second kappa shape index (κ2) is 8.11. The van der Waals surface area contributed by atoms with Gasteiger partial charge < -0.3 is 5.32 Å². The van der Waals surface area contributed by atoms with Gasteiger partial charge in [-0.25, -0.2) is 4.39 Å². The van der Waals surface area contributed by atoms with E-state index in [9.17, 15) is 4.39 Å². The monoisotopic (exact) mass is 417 g/mol. The number of hydrogen-bond acceptors (Lipinski definition) is 1. The van der Waals surface area contributed by atoms with Crippen molar-refractivity contribution in [1.82, 2.24) is 5.32 Å². The molecule has 0 fully saturated rings.